The van der Waals surface area contributed by atoms with Gasteiger partial charge in [-0.3, -0.25) is 4.79 Å². The molecule has 1 saturated heterocycles. The van der Waals surface area contributed by atoms with Gasteiger partial charge in [-0.1, -0.05) is 91.0 Å². The highest BCUT2D eigenvalue weighted by atomic mass is 16.6. The first-order valence-electron chi connectivity index (χ1n) is 14.2. The molecule has 1 N–H and O–H groups in total. The van der Waals surface area contributed by atoms with Crippen molar-refractivity contribution in [3.05, 3.63) is 108 Å². The van der Waals surface area contributed by atoms with E-state index in [1.807, 2.05) is 91.0 Å². The average molecular weight is 577 g/mol. The van der Waals surface area contributed by atoms with E-state index in [1.165, 1.54) is 0 Å². The maximum Gasteiger partial charge on any atom is 0.336 e. The number of carbonyl (C=O) groups is 2. The van der Waals surface area contributed by atoms with Crippen molar-refractivity contribution in [1.29, 1.82) is 0 Å². The van der Waals surface area contributed by atoms with Gasteiger partial charge in [-0.25, -0.2) is 4.79 Å². The molecule has 1 heterocycles. The zero-order valence-corrected chi connectivity index (χ0v) is 24.4. The number of carboxylic acid groups (broad SMARTS) is 1. The van der Waals surface area contributed by atoms with Crippen molar-refractivity contribution in [1.82, 2.24) is 0 Å². The number of hydrogen-bond donors (Lipinski definition) is 1. The average Bonchev–Trinajstić information content (AvgIpc) is 2.96. The van der Waals surface area contributed by atoms with Crippen molar-refractivity contribution >= 4 is 11.9 Å². The smallest absolute Gasteiger partial charge is 0.336 e. The number of carbonyl (C=O) groups excluding carboxylic acids is 1. The molecular formula is C34H40O8. The fourth-order valence-corrected chi connectivity index (χ4v) is 4.93. The Morgan fingerprint density at radius 2 is 1.31 bits per heavy atom. The number of ether oxygens (including phenoxy) is 5. The number of carboxylic acids is 1. The number of benzene rings is 3. The summed E-state index contributed by atoms with van der Waals surface area (Å²) in [6.45, 7) is 6.03. The first-order valence-corrected chi connectivity index (χ1v) is 14.2. The summed E-state index contributed by atoms with van der Waals surface area (Å²) in [5, 5.41) is 10.5. The Morgan fingerprint density at radius 1 is 0.810 bits per heavy atom. The quantitative estimate of drug-likeness (QED) is 0.258. The summed E-state index contributed by atoms with van der Waals surface area (Å²) in [6, 6.07) is 29.0. The van der Waals surface area contributed by atoms with E-state index in [9.17, 15) is 14.7 Å². The standard InChI is InChI=1S/C34H40O8/c1-33(2,3)42-30(35)20-34(32(36)37)19-28(39-22-26-15-9-5-10-16-26)31(40-23-27-17-11-6-12-18-27)29(41-34)24-38-21-25-13-7-4-8-14-25/h4-18,28-29,31H,19-24H2,1-3H3,(H,36,37)/t28-,29-,31+,34-/m1/s1. The van der Waals surface area contributed by atoms with Crippen LogP contribution >= 0.6 is 0 Å². The molecule has 4 rings (SSSR count). The fraction of sp³-hybridized carbons (Fsp3) is 0.412. The van der Waals surface area contributed by atoms with E-state index in [1.54, 1.807) is 20.8 Å². The van der Waals surface area contributed by atoms with Crippen molar-refractivity contribution in [2.75, 3.05) is 6.61 Å². The van der Waals surface area contributed by atoms with Crippen LogP contribution in [0.5, 0.6) is 0 Å². The van der Waals surface area contributed by atoms with Crippen LogP contribution in [0.25, 0.3) is 0 Å². The molecule has 3 aromatic carbocycles. The summed E-state index contributed by atoms with van der Waals surface area (Å²) in [4.78, 5) is 25.8. The molecule has 4 atom stereocenters. The predicted octanol–water partition coefficient (Wildman–Crippen LogP) is 5.72. The van der Waals surface area contributed by atoms with E-state index in [0.717, 1.165) is 16.7 Å². The number of esters is 1. The molecule has 1 fully saturated rings. The van der Waals surface area contributed by atoms with Crippen molar-refractivity contribution in [2.45, 2.75) is 82.9 Å². The van der Waals surface area contributed by atoms with Crippen molar-refractivity contribution in [3.8, 4) is 0 Å². The van der Waals surface area contributed by atoms with Gasteiger partial charge in [0.2, 0.25) is 0 Å². The van der Waals surface area contributed by atoms with Crippen LogP contribution in [0.1, 0.15) is 50.3 Å². The molecule has 42 heavy (non-hydrogen) atoms. The van der Waals surface area contributed by atoms with Crippen LogP contribution in [0.4, 0.5) is 0 Å². The molecule has 0 unspecified atom stereocenters. The number of aliphatic carboxylic acids is 1. The Balaban J connectivity index is 1.62. The van der Waals surface area contributed by atoms with E-state index in [0.29, 0.717) is 6.61 Å². The lowest BCUT2D eigenvalue weighted by molar-refractivity contribution is -0.258. The second kappa shape index (κ2) is 14.6. The highest BCUT2D eigenvalue weighted by molar-refractivity contribution is 5.85. The summed E-state index contributed by atoms with van der Waals surface area (Å²) >= 11 is 0. The molecule has 0 bridgehead atoms. The molecule has 0 radical (unpaired) electrons. The molecule has 0 aromatic heterocycles. The minimum atomic E-state index is -1.89. The molecule has 1 aliphatic heterocycles. The third kappa shape index (κ3) is 9.22. The van der Waals surface area contributed by atoms with Gasteiger partial charge in [-0.2, -0.15) is 0 Å². The third-order valence-corrected chi connectivity index (χ3v) is 6.87. The largest absolute Gasteiger partial charge is 0.479 e. The highest BCUT2D eigenvalue weighted by Gasteiger charge is 2.54. The van der Waals surface area contributed by atoms with E-state index < -0.39 is 47.9 Å². The molecule has 8 heteroatoms. The minimum Gasteiger partial charge on any atom is -0.479 e. The lowest BCUT2D eigenvalue weighted by Crippen LogP contribution is -2.61. The zero-order chi connectivity index (χ0) is 30.0. The zero-order valence-electron chi connectivity index (χ0n) is 24.4. The number of rotatable bonds is 13. The van der Waals surface area contributed by atoms with Gasteiger partial charge in [-0.15, -0.1) is 0 Å². The molecular weight excluding hydrogens is 536 g/mol. The maximum atomic E-state index is 13.0. The van der Waals surface area contributed by atoms with Gasteiger partial charge in [0.05, 0.1) is 39.0 Å². The van der Waals surface area contributed by atoms with Crippen LogP contribution < -0.4 is 0 Å². The predicted molar refractivity (Wildman–Crippen MR) is 156 cm³/mol. The van der Waals surface area contributed by atoms with E-state index in [4.69, 9.17) is 23.7 Å². The summed E-state index contributed by atoms with van der Waals surface area (Å²) in [7, 11) is 0. The normalized spacial score (nSPS) is 22.4. The number of hydrogen-bond acceptors (Lipinski definition) is 7. The van der Waals surface area contributed by atoms with Gasteiger partial charge < -0.3 is 28.8 Å². The van der Waals surface area contributed by atoms with Crippen LogP contribution in [0.3, 0.4) is 0 Å². The van der Waals surface area contributed by atoms with E-state index in [-0.39, 0.29) is 26.2 Å². The van der Waals surface area contributed by atoms with Gasteiger partial charge in [0.1, 0.15) is 17.8 Å². The molecule has 3 aromatic rings. The van der Waals surface area contributed by atoms with Crippen LogP contribution in [-0.4, -0.2) is 53.2 Å². The summed E-state index contributed by atoms with van der Waals surface area (Å²) in [5.74, 6) is -1.93. The molecule has 1 aliphatic rings. The summed E-state index contributed by atoms with van der Waals surface area (Å²) in [6.07, 6.45) is -2.82. The van der Waals surface area contributed by atoms with Crippen molar-refractivity contribution < 1.29 is 38.4 Å². The lowest BCUT2D eigenvalue weighted by atomic mass is 9.84. The molecule has 0 saturated carbocycles. The first-order chi connectivity index (χ1) is 20.1. The van der Waals surface area contributed by atoms with Crippen molar-refractivity contribution in [2.24, 2.45) is 0 Å². The monoisotopic (exact) mass is 576 g/mol. The molecule has 8 nitrogen and oxygen atoms in total. The van der Waals surface area contributed by atoms with Gasteiger partial charge in [0, 0.05) is 6.42 Å². The Hall–Kier alpha value is -3.56. The van der Waals surface area contributed by atoms with Crippen LogP contribution in [0, 0.1) is 0 Å². The fourth-order valence-electron chi connectivity index (χ4n) is 4.93. The van der Waals surface area contributed by atoms with Gasteiger partial charge in [0.15, 0.2) is 5.60 Å². The Bertz CT molecular complexity index is 1260. The Labute approximate surface area is 247 Å². The Morgan fingerprint density at radius 3 is 1.81 bits per heavy atom. The SMILES string of the molecule is CC(C)(C)OC(=O)C[C@@]1(C(=O)O)C[C@@H](OCc2ccccc2)[C@H](OCc2ccccc2)[C@@H](COCc2ccccc2)O1. The van der Waals surface area contributed by atoms with Crippen molar-refractivity contribution in [3.63, 3.8) is 0 Å². The molecule has 0 spiro atoms. The highest BCUT2D eigenvalue weighted by Crippen LogP contribution is 2.37. The van der Waals surface area contributed by atoms with Gasteiger partial charge in [0.25, 0.3) is 0 Å². The second-order valence-corrected chi connectivity index (χ2v) is 11.5. The van der Waals surface area contributed by atoms with Crippen LogP contribution in [0.2, 0.25) is 0 Å². The molecule has 224 valence electrons. The second-order valence-electron chi connectivity index (χ2n) is 11.5. The van der Waals surface area contributed by atoms with Crippen LogP contribution in [-0.2, 0) is 53.1 Å². The van der Waals surface area contributed by atoms with E-state index >= 15 is 0 Å². The minimum absolute atomic E-state index is 0.0307. The first kappa shape index (κ1) is 31.4. The Kier molecular flexibility index (Phi) is 10.9. The summed E-state index contributed by atoms with van der Waals surface area (Å²) in [5.41, 5.74) is 0.165. The third-order valence-electron chi connectivity index (χ3n) is 6.87. The van der Waals surface area contributed by atoms with Gasteiger partial charge >= 0.3 is 11.9 Å². The summed E-state index contributed by atoms with van der Waals surface area (Å²) < 4.78 is 30.6. The lowest BCUT2D eigenvalue weighted by Gasteiger charge is -2.46. The molecule has 0 aliphatic carbocycles. The van der Waals surface area contributed by atoms with Crippen LogP contribution in [0.15, 0.2) is 91.0 Å². The topological polar surface area (TPSA) is 101 Å². The van der Waals surface area contributed by atoms with E-state index in [2.05, 4.69) is 0 Å². The molecule has 0 amide bonds. The maximum absolute atomic E-state index is 13.0. The van der Waals surface area contributed by atoms with Gasteiger partial charge in [-0.05, 0) is 37.5 Å².